The molecule has 0 radical (unpaired) electrons. The number of hydrogen-bond acceptors (Lipinski definition) is 3. The van der Waals surface area contributed by atoms with Gasteiger partial charge in [0.1, 0.15) is 5.82 Å². The van der Waals surface area contributed by atoms with Crippen LogP contribution in [0.3, 0.4) is 0 Å². The van der Waals surface area contributed by atoms with Gasteiger partial charge in [0, 0.05) is 18.0 Å². The van der Waals surface area contributed by atoms with Crippen LogP contribution in [-0.2, 0) is 0 Å². The molecule has 0 saturated heterocycles. The molecule has 1 aromatic heterocycles. The monoisotopic (exact) mass is 283 g/mol. The molecular formula is C18H25N3. The Balaban J connectivity index is 1.93. The molecule has 3 heteroatoms. The summed E-state index contributed by atoms with van der Waals surface area (Å²) in [5, 5.41) is 1.20. The van der Waals surface area contributed by atoms with E-state index in [1.165, 1.54) is 31.1 Å². The number of hydrogen-bond donors (Lipinski definition) is 1. The summed E-state index contributed by atoms with van der Waals surface area (Å²) in [4.78, 5) is 7.34. The first kappa shape index (κ1) is 14.3. The van der Waals surface area contributed by atoms with E-state index in [0.717, 1.165) is 24.4 Å². The Morgan fingerprint density at radius 3 is 2.76 bits per heavy atom. The number of nitrogens with two attached hydrogens (primary N) is 1. The fourth-order valence-corrected chi connectivity index (χ4v) is 3.65. The molecule has 1 fully saturated rings. The van der Waals surface area contributed by atoms with Crippen LogP contribution in [0.4, 0.5) is 5.82 Å². The number of fused-ring (bicyclic) bond motifs is 1. The summed E-state index contributed by atoms with van der Waals surface area (Å²) in [7, 11) is 0. The van der Waals surface area contributed by atoms with Crippen molar-refractivity contribution in [2.75, 3.05) is 18.0 Å². The van der Waals surface area contributed by atoms with Gasteiger partial charge in [0.2, 0.25) is 0 Å². The molecule has 0 aliphatic heterocycles. The molecule has 1 aromatic carbocycles. The molecule has 1 heterocycles. The smallest absolute Gasteiger partial charge is 0.129 e. The van der Waals surface area contributed by atoms with Gasteiger partial charge in [0.05, 0.1) is 5.52 Å². The Bertz CT molecular complexity index is 596. The number of nitrogens with zero attached hydrogens (tertiary/aromatic N) is 2. The van der Waals surface area contributed by atoms with Crippen molar-refractivity contribution in [3.05, 3.63) is 36.4 Å². The maximum absolute atomic E-state index is 6.01. The summed E-state index contributed by atoms with van der Waals surface area (Å²) in [5.74, 6) is 1.70. The van der Waals surface area contributed by atoms with E-state index < -0.39 is 0 Å². The minimum atomic E-state index is 0.544. The summed E-state index contributed by atoms with van der Waals surface area (Å²) in [6, 6.07) is 13.2. The number of rotatable bonds is 4. The van der Waals surface area contributed by atoms with Gasteiger partial charge in [-0.1, -0.05) is 31.0 Å². The second-order valence-corrected chi connectivity index (χ2v) is 6.00. The third kappa shape index (κ3) is 2.88. The van der Waals surface area contributed by atoms with E-state index in [-0.39, 0.29) is 0 Å². The highest BCUT2D eigenvalue weighted by atomic mass is 15.2. The molecule has 0 bridgehead atoms. The predicted molar refractivity (Wildman–Crippen MR) is 89.6 cm³/mol. The van der Waals surface area contributed by atoms with Crippen LogP contribution in [0.5, 0.6) is 0 Å². The van der Waals surface area contributed by atoms with Crippen LogP contribution in [-0.4, -0.2) is 24.1 Å². The highest BCUT2D eigenvalue weighted by Crippen LogP contribution is 2.31. The maximum atomic E-state index is 6.01. The predicted octanol–water partition coefficient (Wildman–Crippen LogP) is 3.58. The SMILES string of the molecule is CCN(c1ccc2ccccc2n1)C1CCCCC1CN. The topological polar surface area (TPSA) is 42.2 Å². The standard InChI is InChI=1S/C18H25N3/c1-2-21(17-10-6-4-8-15(17)13-19)18-12-11-14-7-3-5-9-16(14)20-18/h3,5,7,9,11-12,15,17H,2,4,6,8,10,13,19H2,1H3. The highest BCUT2D eigenvalue weighted by Gasteiger charge is 2.29. The van der Waals surface area contributed by atoms with Crippen molar-refractivity contribution in [3.8, 4) is 0 Å². The first-order valence-corrected chi connectivity index (χ1v) is 8.16. The van der Waals surface area contributed by atoms with Gasteiger partial charge in [-0.25, -0.2) is 4.98 Å². The van der Waals surface area contributed by atoms with Crippen LogP contribution in [0.2, 0.25) is 0 Å². The van der Waals surface area contributed by atoms with Crippen molar-refractivity contribution in [3.63, 3.8) is 0 Å². The number of aromatic nitrogens is 1. The Morgan fingerprint density at radius 2 is 1.95 bits per heavy atom. The van der Waals surface area contributed by atoms with Gasteiger partial charge in [-0.15, -0.1) is 0 Å². The van der Waals surface area contributed by atoms with Crippen LogP contribution in [0.1, 0.15) is 32.6 Å². The van der Waals surface area contributed by atoms with E-state index in [1.807, 2.05) is 0 Å². The van der Waals surface area contributed by atoms with Crippen molar-refractivity contribution in [1.29, 1.82) is 0 Å². The summed E-state index contributed by atoms with van der Waals surface area (Å²) in [5.41, 5.74) is 7.09. The van der Waals surface area contributed by atoms with Gasteiger partial charge in [-0.2, -0.15) is 0 Å². The minimum absolute atomic E-state index is 0.544. The maximum Gasteiger partial charge on any atom is 0.129 e. The van der Waals surface area contributed by atoms with Gasteiger partial charge < -0.3 is 10.6 Å². The summed E-state index contributed by atoms with van der Waals surface area (Å²) in [6.07, 6.45) is 5.13. The molecular weight excluding hydrogens is 258 g/mol. The third-order valence-electron chi connectivity index (χ3n) is 4.79. The largest absolute Gasteiger partial charge is 0.354 e. The zero-order chi connectivity index (χ0) is 14.7. The molecule has 3 nitrogen and oxygen atoms in total. The van der Waals surface area contributed by atoms with E-state index in [9.17, 15) is 0 Å². The lowest BCUT2D eigenvalue weighted by Crippen LogP contribution is -2.45. The van der Waals surface area contributed by atoms with Crippen molar-refractivity contribution >= 4 is 16.7 Å². The Labute approximate surface area is 127 Å². The number of anilines is 1. The zero-order valence-corrected chi connectivity index (χ0v) is 12.8. The Morgan fingerprint density at radius 1 is 1.14 bits per heavy atom. The average Bonchev–Trinajstić information content (AvgIpc) is 2.56. The van der Waals surface area contributed by atoms with Crippen LogP contribution >= 0.6 is 0 Å². The molecule has 0 spiro atoms. The lowest BCUT2D eigenvalue weighted by atomic mass is 9.83. The Kier molecular flexibility index (Phi) is 4.39. The molecule has 3 rings (SSSR count). The van der Waals surface area contributed by atoms with Crippen molar-refractivity contribution in [1.82, 2.24) is 4.98 Å². The number of para-hydroxylation sites is 1. The molecule has 1 aliphatic rings. The second-order valence-electron chi connectivity index (χ2n) is 6.00. The molecule has 0 amide bonds. The van der Waals surface area contributed by atoms with Crippen LogP contribution < -0.4 is 10.6 Å². The highest BCUT2D eigenvalue weighted by molar-refractivity contribution is 5.80. The molecule has 1 aliphatic carbocycles. The molecule has 21 heavy (non-hydrogen) atoms. The van der Waals surface area contributed by atoms with E-state index in [4.69, 9.17) is 10.7 Å². The number of pyridine rings is 1. The molecule has 2 aromatic rings. The van der Waals surface area contributed by atoms with Crippen molar-refractivity contribution < 1.29 is 0 Å². The van der Waals surface area contributed by atoms with Crippen LogP contribution in [0.15, 0.2) is 36.4 Å². The fraction of sp³-hybridized carbons (Fsp3) is 0.500. The molecule has 2 atom stereocenters. The lowest BCUT2D eigenvalue weighted by Gasteiger charge is -2.40. The normalized spacial score (nSPS) is 22.4. The molecule has 112 valence electrons. The van der Waals surface area contributed by atoms with E-state index in [2.05, 4.69) is 48.2 Å². The fourth-order valence-electron chi connectivity index (χ4n) is 3.65. The van der Waals surface area contributed by atoms with E-state index in [0.29, 0.717) is 12.0 Å². The van der Waals surface area contributed by atoms with Gasteiger partial charge in [0.25, 0.3) is 0 Å². The number of benzene rings is 1. The molecule has 1 saturated carbocycles. The molecule has 2 N–H and O–H groups in total. The van der Waals surface area contributed by atoms with Gasteiger partial charge in [-0.05, 0) is 50.4 Å². The zero-order valence-electron chi connectivity index (χ0n) is 12.8. The summed E-state index contributed by atoms with van der Waals surface area (Å²) < 4.78 is 0. The first-order chi connectivity index (χ1) is 10.3. The van der Waals surface area contributed by atoms with Crippen molar-refractivity contribution in [2.45, 2.75) is 38.6 Å². The Hall–Kier alpha value is -1.61. The third-order valence-corrected chi connectivity index (χ3v) is 4.79. The quantitative estimate of drug-likeness (QED) is 0.932. The summed E-state index contributed by atoms with van der Waals surface area (Å²) in [6.45, 7) is 4.00. The van der Waals surface area contributed by atoms with Gasteiger partial charge >= 0.3 is 0 Å². The minimum Gasteiger partial charge on any atom is -0.354 e. The second kappa shape index (κ2) is 6.44. The van der Waals surface area contributed by atoms with Crippen LogP contribution in [0, 0.1) is 5.92 Å². The van der Waals surface area contributed by atoms with Gasteiger partial charge in [0.15, 0.2) is 0 Å². The summed E-state index contributed by atoms with van der Waals surface area (Å²) >= 11 is 0. The first-order valence-electron chi connectivity index (χ1n) is 8.16. The van der Waals surface area contributed by atoms with E-state index in [1.54, 1.807) is 0 Å². The lowest BCUT2D eigenvalue weighted by molar-refractivity contribution is 0.300. The van der Waals surface area contributed by atoms with Crippen LogP contribution in [0.25, 0.3) is 10.9 Å². The average molecular weight is 283 g/mol. The molecule has 2 unspecified atom stereocenters. The van der Waals surface area contributed by atoms with Gasteiger partial charge in [-0.3, -0.25) is 0 Å². The van der Waals surface area contributed by atoms with E-state index >= 15 is 0 Å². The van der Waals surface area contributed by atoms with Crippen molar-refractivity contribution in [2.24, 2.45) is 11.7 Å².